The van der Waals surface area contributed by atoms with Gasteiger partial charge in [-0.15, -0.1) is 5.10 Å². The van der Waals surface area contributed by atoms with Gasteiger partial charge in [-0.2, -0.15) is 26.3 Å². The number of ether oxygens (including phenoxy) is 1. The molecule has 3 aromatic rings. The molecule has 0 bridgehead atoms. The van der Waals surface area contributed by atoms with Gasteiger partial charge in [0.25, 0.3) is 0 Å². The third-order valence-electron chi connectivity index (χ3n) is 7.20. The lowest BCUT2D eigenvalue weighted by molar-refractivity contribution is -0.143. The number of nitrogens with zero attached hydrogens (tertiary/aromatic N) is 5. The number of hydrogen-bond donors (Lipinski definition) is 2. The first kappa shape index (κ1) is 32.1. The van der Waals surface area contributed by atoms with E-state index in [1.807, 2.05) is 38.1 Å². The van der Waals surface area contributed by atoms with Crippen LogP contribution in [0.4, 0.5) is 32.2 Å². The fraction of sp³-hybridized carbons (Fsp3) is 0.448. The number of likely N-dealkylation sites (N-methyl/N-ethyl adjacent to an activating group) is 1. The van der Waals surface area contributed by atoms with E-state index in [2.05, 4.69) is 10.0 Å². The van der Waals surface area contributed by atoms with E-state index in [-0.39, 0.29) is 30.2 Å². The molecule has 2 aromatic carbocycles. The molecular weight excluding hydrogens is 576 g/mol. The predicted molar refractivity (Wildman–Crippen MR) is 153 cm³/mol. The summed E-state index contributed by atoms with van der Waals surface area (Å²) in [6.07, 6.45) is -8.14. The molecule has 1 saturated heterocycles. The van der Waals surface area contributed by atoms with Gasteiger partial charge in [-0.05, 0) is 62.1 Å². The van der Waals surface area contributed by atoms with Crippen LogP contribution < -0.4 is 16.5 Å². The van der Waals surface area contributed by atoms with Gasteiger partial charge < -0.3 is 20.3 Å². The van der Waals surface area contributed by atoms with Gasteiger partial charge in [0.05, 0.1) is 22.7 Å². The molecule has 1 fully saturated rings. The van der Waals surface area contributed by atoms with Crippen LogP contribution in [0.15, 0.2) is 47.6 Å². The Hall–Kier alpha value is -3.78. The lowest BCUT2D eigenvalue weighted by atomic mass is 10.0. The molecule has 0 radical (unpaired) electrons. The predicted octanol–water partition coefficient (Wildman–Crippen LogP) is 5.62. The first-order valence-electron chi connectivity index (χ1n) is 13.8. The van der Waals surface area contributed by atoms with Crippen molar-refractivity contribution in [2.45, 2.75) is 58.2 Å². The minimum Gasteiger partial charge on any atom is -0.376 e. The number of halogens is 6. The number of hydrogen-bond acceptors (Lipinski definition) is 6. The van der Waals surface area contributed by atoms with Gasteiger partial charge in [0.2, 0.25) is 5.96 Å². The van der Waals surface area contributed by atoms with Crippen molar-refractivity contribution in [2.75, 3.05) is 31.6 Å². The van der Waals surface area contributed by atoms with Crippen molar-refractivity contribution in [3.63, 3.8) is 0 Å². The summed E-state index contributed by atoms with van der Waals surface area (Å²) in [6, 6.07) is 9.07. The fourth-order valence-corrected chi connectivity index (χ4v) is 5.15. The number of aromatic nitrogens is 1. The molecule has 0 saturated carbocycles. The Morgan fingerprint density at radius 2 is 1.72 bits per heavy atom. The quantitative estimate of drug-likeness (QED) is 0.107. The average Bonchev–Trinajstić information content (AvgIpc) is 3.43. The summed E-state index contributed by atoms with van der Waals surface area (Å²) in [4.78, 5) is 8.43. The van der Waals surface area contributed by atoms with Crippen molar-refractivity contribution in [1.82, 2.24) is 15.0 Å². The monoisotopic (exact) mass is 611 g/mol. The van der Waals surface area contributed by atoms with Crippen molar-refractivity contribution in [3.05, 3.63) is 70.3 Å². The Morgan fingerprint density at radius 3 is 2.28 bits per heavy atom. The van der Waals surface area contributed by atoms with E-state index in [0.29, 0.717) is 43.2 Å². The SMILES string of the molecule is CCN(CC1CCCO1)c1nc2c(C)cccc2cc1CN(Cc1cc(C(F)(F)F)cc(C(F)(F)F)c1)/C(N)=N/N(C)N. The molecule has 0 aliphatic carbocycles. The van der Waals surface area contributed by atoms with Gasteiger partial charge in [-0.1, -0.05) is 18.2 Å². The maximum absolute atomic E-state index is 13.6. The first-order chi connectivity index (χ1) is 20.2. The topological polar surface area (TPSA) is 96.2 Å². The molecule has 43 heavy (non-hydrogen) atoms. The van der Waals surface area contributed by atoms with Gasteiger partial charge in [0.1, 0.15) is 5.82 Å². The molecule has 14 heteroatoms. The van der Waals surface area contributed by atoms with Crippen LogP contribution >= 0.6 is 0 Å². The zero-order valence-electron chi connectivity index (χ0n) is 24.1. The lowest BCUT2D eigenvalue weighted by Crippen LogP contribution is -2.40. The molecule has 234 valence electrons. The van der Waals surface area contributed by atoms with Crippen molar-refractivity contribution < 1.29 is 31.1 Å². The number of rotatable bonds is 9. The summed E-state index contributed by atoms with van der Waals surface area (Å²) >= 11 is 0. The highest BCUT2D eigenvalue weighted by Gasteiger charge is 2.37. The Balaban J connectivity index is 1.82. The van der Waals surface area contributed by atoms with Gasteiger partial charge >= 0.3 is 12.4 Å². The van der Waals surface area contributed by atoms with Crippen LogP contribution in [0.1, 0.15) is 47.6 Å². The number of guanidine groups is 1. The molecule has 0 spiro atoms. The molecule has 1 unspecified atom stereocenters. The standard InChI is InChI=1S/C29H35F6N7O/c1-4-41(17-24-9-6-10-43-24)26-21(13-20-8-5-7-18(2)25(20)38-26)16-42(27(36)39-40(3)37)15-19-11-22(28(30,31)32)14-23(12-19)29(33,34)35/h5,7-8,11-14,24H,4,6,9-10,15-17,37H2,1-3H3,(H2,36,39). The van der Waals surface area contributed by atoms with Crippen molar-refractivity contribution in [3.8, 4) is 0 Å². The smallest absolute Gasteiger partial charge is 0.376 e. The third-order valence-corrected chi connectivity index (χ3v) is 7.20. The number of benzene rings is 2. The molecule has 4 rings (SSSR count). The summed E-state index contributed by atoms with van der Waals surface area (Å²) in [6.45, 7) is 5.27. The van der Waals surface area contributed by atoms with E-state index in [9.17, 15) is 26.3 Å². The third kappa shape index (κ3) is 7.99. The highest BCUT2D eigenvalue weighted by molar-refractivity contribution is 5.85. The van der Waals surface area contributed by atoms with Gasteiger partial charge in [0.15, 0.2) is 0 Å². The first-order valence-corrected chi connectivity index (χ1v) is 13.8. The Kier molecular flexibility index (Phi) is 9.60. The van der Waals surface area contributed by atoms with Gasteiger partial charge in [0, 0.05) is 50.8 Å². The average molecular weight is 612 g/mol. The Morgan fingerprint density at radius 1 is 1.05 bits per heavy atom. The Bertz CT molecular complexity index is 1420. The summed E-state index contributed by atoms with van der Waals surface area (Å²) < 4.78 is 87.5. The van der Waals surface area contributed by atoms with Gasteiger partial charge in [-0.25, -0.2) is 15.9 Å². The molecule has 2 heterocycles. The summed E-state index contributed by atoms with van der Waals surface area (Å²) in [5, 5.41) is 5.73. The maximum Gasteiger partial charge on any atom is 0.416 e. The van der Waals surface area contributed by atoms with E-state index >= 15 is 0 Å². The number of aryl methyl sites for hydroxylation is 1. The molecule has 1 atom stereocenters. The highest BCUT2D eigenvalue weighted by Crippen LogP contribution is 2.37. The van der Waals surface area contributed by atoms with Gasteiger partial charge in [-0.3, -0.25) is 0 Å². The molecule has 8 nitrogen and oxygen atoms in total. The zero-order chi connectivity index (χ0) is 31.5. The molecule has 4 N–H and O–H groups in total. The second-order valence-electron chi connectivity index (χ2n) is 10.6. The summed E-state index contributed by atoms with van der Waals surface area (Å²) in [5.74, 6) is 6.08. The number of alkyl halides is 6. The van der Waals surface area contributed by atoms with E-state index in [1.54, 1.807) is 0 Å². The highest BCUT2D eigenvalue weighted by atomic mass is 19.4. The van der Waals surface area contributed by atoms with E-state index in [1.165, 1.54) is 11.9 Å². The Labute approximate surface area is 245 Å². The van der Waals surface area contributed by atoms with Crippen LogP contribution in [-0.4, -0.2) is 53.8 Å². The molecular formula is C29H35F6N7O. The minimum atomic E-state index is -4.99. The maximum atomic E-state index is 13.6. The largest absolute Gasteiger partial charge is 0.416 e. The summed E-state index contributed by atoms with van der Waals surface area (Å²) in [5.41, 5.74) is 5.54. The number of hydrazine groups is 1. The molecule has 1 aliphatic heterocycles. The number of hydrazone groups is 1. The van der Waals surface area contributed by atoms with E-state index < -0.39 is 30.0 Å². The van der Waals surface area contributed by atoms with Crippen LogP contribution in [0.5, 0.6) is 0 Å². The molecule has 1 aliphatic rings. The number of pyridine rings is 1. The van der Waals surface area contributed by atoms with Crippen LogP contribution in [0.2, 0.25) is 0 Å². The zero-order valence-corrected chi connectivity index (χ0v) is 24.1. The van der Waals surface area contributed by atoms with Crippen molar-refractivity contribution in [1.29, 1.82) is 0 Å². The number of anilines is 1. The molecule has 0 amide bonds. The number of fused-ring (bicyclic) bond motifs is 1. The summed E-state index contributed by atoms with van der Waals surface area (Å²) in [7, 11) is 1.39. The van der Waals surface area contributed by atoms with E-state index in [0.717, 1.165) is 34.4 Å². The van der Waals surface area contributed by atoms with Crippen LogP contribution in [0, 0.1) is 6.92 Å². The van der Waals surface area contributed by atoms with E-state index in [4.69, 9.17) is 21.3 Å². The second kappa shape index (κ2) is 12.8. The second-order valence-corrected chi connectivity index (χ2v) is 10.6. The fourth-order valence-electron chi connectivity index (χ4n) is 5.15. The lowest BCUT2D eigenvalue weighted by Gasteiger charge is -2.30. The van der Waals surface area contributed by atoms with Crippen LogP contribution in [0.3, 0.4) is 0 Å². The molecule has 1 aromatic heterocycles. The minimum absolute atomic E-state index is 0.00156. The number of para-hydroxylation sites is 1. The van der Waals surface area contributed by atoms with Crippen LogP contribution in [0.25, 0.3) is 10.9 Å². The van der Waals surface area contributed by atoms with Crippen LogP contribution in [-0.2, 0) is 30.2 Å². The number of nitrogens with two attached hydrogens (primary N) is 2. The normalized spacial score (nSPS) is 16.1. The van der Waals surface area contributed by atoms with Crippen molar-refractivity contribution >= 4 is 22.7 Å². The van der Waals surface area contributed by atoms with Crippen molar-refractivity contribution in [2.24, 2.45) is 16.7 Å².